The molecule has 80 valence electrons. The number of carbonyl (C=O) groups is 2. The fourth-order valence-corrected chi connectivity index (χ4v) is 1.53. The Morgan fingerprint density at radius 1 is 1.27 bits per heavy atom. The fraction of sp³-hybridized carbons (Fsp3) is 0.273. The van der Waals surface area contributed by atoms with Crippen LogP contribution in [0.1, 0.15) is 15.9 Å². The molecule has 3 nitrogen and oxygen atoms in total. The van der Waals surface area contributed by atoms with Gasteiger partial charge >= 0.3 is 5.97 Å². The zero-order valence-corrected chi connectivity index (χ0v) is 10.1. The molecule has 0 aromatic heterocycles. The molecule has 1 aromatic carbocycles. The van der Waals surface area contributed by atoms with Crippen molar-refractivity contribution in [3.05, 3.63) is 35.4 Å². The summed E-state index contributed by atoms with van der Waals surface area (Å²) in [5.41, 5.74) is 1.56. The number of carbonyl (C=O) groups excluding carboxylic acids is 2. The molecule has 1 atom stereocenters. The molecule has 0 unspecified atom stereocenters. The number of hydrogen-bond donors (Lipinski definition) is 0. The van der Waals surface area contributed by atoms with Gasteiger partial charge in [0.15, 0.2) is 10.6 Å². The number of benzene rings is 1. The van der Waals surface area contributed by atoms with Crippen LogP contribution in [0.5, 0.6) is 0 Å². The van der Waals surface area contributed by atoms with Crippen LogP contribution in [0.15, 0.2) is 24.3 Å². The zero-order chi connectivity index (χ0) is 11.4. The Labute approximate surface area is 96.6 Å². The molecule has 0 aliphatic carbocycles. The van der Waals surface area contributed by atoms with Crippen molar-refractivity contribution in [3.63, 3.8) is 0 Å². The van der Waals surface area contributed by atoms with Gasteiger partial charge in [-0.3, -0.25) is 9.59 Å². The molecule has 0 spiro atoms. The molecule has 0 fully saturated rings. The summed E-state index contributed by atoms with van der Waals surface area (Å²) in [6, 6.07) is 7.03. The molecule has 1 rings (SSSR count). The van der Waals surface area contributed by atoms with E-state index in [1.54, 1.807) is 12.1 Å². The molecule has 15 heavy (non-hydrogen) atoms. The molecular weight excluding hydrogens is 260 g/mol. The largest absolute Gasteiger partial charge is 0.468 e. The lowest BCUT2D eigenvalue weighted by molar-refractivity contribution is -0.138. The van der Waals surface area contributed by atoms with Gasteiger partial charge in [-0.2, -0.15) is 0 Å². The third-order valence-electron chi connectivity index (χ3n) is 1.97. The van der Waals surface area contributed by atoms with Crippen molar-refractivity contribution >= 4 is 27.7 Å². The highest BCUT2D eigenvalue weighted by Crippen LogP contribution is 2.12. The predicted octanol–water partition coefficient (Wildman–Crippen LogP) is 2.11. The van der Waals surface area contributed by atoms with Gasteiger partial charge in [0.1, 0.15) is 0 Å². The van der Waals surface area contributed by atoms with Crippen molar-refractivity contribution in [3.8, 4) is 0 Å². The van der Waals surface area contributed by atoms with E-state index in [-0.39, 0.29) is 5.78 Å². The molecule has 1 aromatic rings. The third-order valence-corrected chi connectivity index (χ3v) is 2.76. The highest BCUT2D eigenvalue weighted by atomic mass is 79.9. The lowest BCUT2D eigenvalue weighted by Gasteiger charge is -2.06. The summed E-state index contributed by atoms with van der Waals surface area (Å²) in [6.45, 7) is 1.93. The van der Waals surface area contributed by atoms with Gasteiger partial charge in [-0.25, -0.2) is 0 Å². The second-order valence-corrected chi connectivity index (χ2v) is 4.03. The minimum atomic E-state index is -0.926. The van der Waals surface area contributed by atoms with Gasteiger partial charge < -0.3 is 4.74 Å². The Balaban J connectivity index is 2.85. The monoisotopic (exact) mass is 270 g/mol. The van der Waals surface area contributed by atoms with Crippen LogP contribution in [-0.4, -0.2) is 23.7 Å². The highest BCUT2D eigenvalue weighted by molar-refractivity contribution is 9.10. The van der Waals surface area contributed by atoms with Crippen molar-refractivity contribution in [2.24, 2.45) is 0 Å². The molecule has 0 bridgehead atoms. The summed E-state index contributed by atoms with van der Waals surface area (Å²) >= 11 is 3.00. The van der Waals surface area contributed by atoms with E-state index in [0.717, 1.165) is 5.56 Å². The quantitative estimate of drug-likeness (QED) is 0.366. The van der Waals surface area contributed by atoms with Crippen molar-refractivity contribution in [1.29, 1.82) is 0 Å². The first kappa shape index (κ1) is 11.9. The number of hydrogen-bond acceptors (Lipinski definition) is 3. The Kier molecular flexibility index (Phi) is 4.03. The first-order valence-corrected chi connectivity index (χ1v) is 5.30. The molecule has 0 aliphatic heterocycles. The van der Waals surface area contributed by atoms with Crippen molar-refractivity contribution in [2.45, 2.75) is 11.8 Å². The van der Waals surface area contributed by atoms with Gasteiger partial charge in [0, 0.05) is 5.56 Å². The van der Waals surface area contributed by atoms with Crippen LogP contribution in [0.25, 0.3) is 0 Å². The molecule has 0 N–H and O–H groups in total. The minimum absolute atomic E-state index is 0.290. The van der Waals surface area contributed by atoms with E-state index in [9.17, 15) is 9.59 Å². The number of halogens is 1. The van der Waals surface area contributed by atoms with Crippen LogP contribution < -0.4 is 0 Å². The van der Waals surface area contributed by atoms with Crippen LogP contribution in [-0.2, 0) is 9.53 Å². The van der Waals surface area contributed by atoms with Gasteiger partial charge in [-0.1, -0.05) is 45.8 Å². The van der Waals surface area contributed by atoms with E-state index in [0.29, 0.717) is 5.56 Å². The summed E-state index contributed by atoms with van der Waals surface area (Å²) < 4.78 is 4.47. The second-order valence-electron chi connectivity index (χ2n) is 3.12. The van der Waals surface area contributed by atoms with Gasteiger partial charge in [-0.05, 0) is 6.92 Å². The highest BCUT2D eigenvalue weighted by Gasteiger charge is 2.25. The first-order chi connectivity index (χ1) is 7.06. The number of ether oxygens (including phenoxy) is 1. The van der Waals surface area contributed by atoms with E-state index >= 15 is 0 Å². The Hall–Kier alpha value is -1.16. The minimum Gasteiger partial charge on any atom is -0.468 e. The average molecular weight is 271 g/mol. The number of aryl methyl sites for hydroxylation is 1. The van der Waals surface area contributed by atoms with Crippen molar-refractivity contribution in [1.82, 2.24) is 0 Å². The molecule has 0 saturated heterocycles. The van der Waals surface area contributed by atoms with Crippen LogP contribution in [0.4, 0.5) is 0 Å². The molecular formula is C11H11BrO3. The summed E-state index contributed by atoms with van der Waals surface area (Å²) in [5, 5.41) is 0. The maximum absolute atomic E-state index is 11.7. The normalized spacial score (nSPS) is 11.9. The predicted molar refractivity (Wildman–Crippen MR) is 60.2 cm³/mol. The second kappa shape index (κ2) is 5.07. The molecule has 0 saturated carbocycles. The lowest BCUT2D eigenvalue weighted by Crippen LogP contribution is -2.25. The summed E-state index contributed by atoms with van der Waals surface area (Å²) in [7, 11) is 1.25. The van der Waals surface area contributed by atoms with Gasteiger partial charge in [0.25, 0.3) is 0 Å². The van der Waals surface area contributed by atoms with E-state index in [1.807, 2.05) is 19.1 Å². The standard InChI is InChI=1S/C11H11BrO3/c1-7-3-5-8(6-4-7)10(13)9(12)11(14)15-2/h3-6,9H,1-2H3/t9-/m1/s1. The van der Waals surface area contributed by atoms with Crippen LogP contribution in [0.3, 0.4) is 0 Å². The summed E-state index contributed by atoms with van der Waals surface area (Å²) in [6.07, 6.45) is 0. The van der Waals surface area contributed by atoms with Gasteiger partial charge in [0.05, 0.1) is 7.11 Å². The Morgan fingerprint density at radius 2 is 1.80 bits per heavy atom. The van der Waals surface area contributed by atoms with E-state index in [2.05, 4.69) is 20.7 Å². The molecule has 0 aliphatic rings. The fourth-order valence-electron chi connectivity index (χ4n) is 1.07. The van der Waals surface area contributed by atoms with E-state index < -0.39 is 10.8 Å². The third kappa shape index (κ3) is 2.89. The van der Waals surface area contributed by atoms with E-state index in [4.69, 9.17) is 0 Å². The van der Waals surface area contributed by atoms with Crippen molar-refractivity contribution in [2.75, 3.05) is 7.11 Å². The summed E-state index contributed by atoms with van der Waals surface area (Å²) in [4.78, 5) is 21.9. The average Bonchev–Trinajstić information content (AvgIpc) is 2.27. The van der Waals surface area contributed by atoms with Crippen LogP contribution in [0, 0.1) is 6.92 Å². The molecule has 0 amide bonds. The maximum atomic E-state index is 11.7. The van der Waals surface area contributed by atoms with E-state index in [1.165, 1.54) is 7.11 Å². The number of ketones is 1. The van der Waals surface area contributed by atoms with Gasteiger partial charge in [-0.15, -0.1) is 0 Å². The number of rotatable bonds is 3. The smallest absolute Gasteiger partial charge is 0.327 e. The first-order valence-electron chi connectivity index (χ1n) is 4.39. The zero-order valence-electron chi connectivity index (χ0n) is 8.49. The summed E-state index contributed by atoms with van der Waals surface area (Å²) in [5.74, 6) is -0.873. The van der Waals surface area contributed by atoms with Crippen LogP contribution >= 0.6 is 15.9 Å². The van der Waals surface area contributed by atoms with Crippen LogP contribution in [0.2, 0.25) is 0 Å². The lowest BCUT2D eigenvalue weighted by atomic mass is 10.1. The molecule has 0 radical (unpaired) electrons. The number of esters is 1. The number of alkyl halides is 1. The van der Waals surface area contributed by atoms with Crippen molar-refractivity contribution < 1.29 is 14.3 Å². The van der Waals surface area contributed by atoms with Gasteiger partial charge in [0.2, 0.25) is 0 Å². The number of methoxy groups -OCH3 is 1. The molecule has 4 heteroatoms. The number of Topliss-reactive ketones (excluding diaryl/α,β-unsaturated/α-hetero) is 1. The maximum Gasteiger partial charge on any atom is 0.327 e. The Bertz CT molecular complexity index is 370. The SMILES string of the molecule is COC(=O)[C@H](Br)C(=O)c1ccc(C)cc1. The molecule has 0 heterocycles. The topological polar surface area (TPSA) is 43.4 Å². The Morgan fingerprint density at radius 3 is 2.27 bits per heavy atom.